The summed E-state index contributed by atoms with van der Waals surface area (Å²) in [6, 6.07) is 7.32. The lowest BCUT2D eigenvalue weighted by Crippen LogP contribution is -2.36. The van der Waals surface area contributed by atoms with Gasteiger partial charge in [0, 0.05) is 51.4 Å². The first-order valence-electron chi connectivity index (χ1n) is 15.1. The first-order chi connectivity index (χ1) is 19.7. The summed E-state index contributed by atoms with van der Waals surface area (Å²) in [5.74, 6) is 4.00. The van der Waals surface area contributed by atoms with Gasteiger partial charge in [0.25, 0.3) is 0 Å². The topological polar surface area (TPSA) is 73.3 Å². The Kier molecular flexibility index (Phi) is 9.37. The van der Waals surface area contributed by atoms with E-state index in [-0.39, 0.29) is 0 Å². The van der Waals surface area contributed by atoms with E-state index in [0.717, 1.165) is 72.8 Å². The number of aryl methyl sites for hydroxylation is 1. The molecule has 7 nitrogen and oxygen atoms in total. The summed E-state index contributed by atoms with van der Waals surface area (Å²) in [6.45, 7) is 13.7. The van der Waals surface area contributed by atoms with Gasteiger partial charge in [0.15, 0.2) is 0 Å². The number of hydrogen-bond acceptors (Lipinski definition) is 4. The highest BCUT2D eigenvalue weighted by Gasteiger charge is 2.38. The zero-order valence-corrected chi connectivity index (χ0v) is 26.6. The average Bonchev–Trinajstić information content (AvgIpc) is 3.43. The van der Waals surface area contributed by atoms with Crippen molar-refractivity contribution in [3.8, 4) is 0 Å². The van der Waals surface area contributed by atoms with Crippen LogP contribution in [0.15, 0.2) is 41.5 Å². The number of halogens is 2. The highest BCUT2D eigenvalue weighted by molar-refractivity contribution is 6.42. The highest BCUT2D eigenvalue weighted by Crippen LogP contribution is 2.45. The normalized spacial score (nSPS) is 21.5. The summed E-state index contributed by atoms with van der Waals surface area (Å²) in [6.07, 6.45) is 8.89. The van der Waals surface area contributed by atoms with Crippen LogP contribution in [0.5, 0.6) is 0 Å². The number of nitrogens with zero attached hydrogens (tertiary/aromatic N) is 4. The van der Waals surface area contributed by atoms with Crippen LogP contribution in [0.25, 0.3) is 11.0 Å². The van der Waals surface area contributed by atoms with Crippen LogP contribution in [-0.4, -0.2) is 64.5 Å². The number of aromatic amines is 1. The Balaban J connectivity index is 1.19. The Labute approximate surface area is 254 Å². The number of fused-ring (bicyclic) bond motifs is 1. The maximum atomic E-state index is 6.17. The molecule has 3 N–H and O–H groups in total. The van der Waals surface area contributed by atoms with Gasteiger partial charge in [-0.25, -0.2) is 4.98 Å². The summed E-state index contributed by atoms with van der Waals surface area (Å²) in [7, 11) is 3.89. The minimum absolute atomic E-state index is 0.381. The van der Waals surface area contributed by atoms with Crippen LogP contribution in [0.2, 0.25) is 10.0 Å². The summed E-state index contributed by atoms with van der Waals surface area (Å²) in [5, 5.41) is 8.18. The zero-order chi connectivity index (χ0) is 29.3. The molecule has 2 heterocycles. The number of hydrogen-bond donors (Lipinski definition) is 3. The minimum atomic E-state index is 0.381. The van der Waals surface area contributed by atoms with Crippen LogP contribution in [0.4, 0.5) is 5.82 Å². The summed E-state index contributed by atoms with van der Waals surface area (Å²) in [5.41, 5.74) is 4.34. The monoisotopic (exact) mass is 597 g/mol. The lowest BCUT2D eigenvalue weighted by molar-refractivity contribution is 0.192. The fourth-order valence-electron chi connectivity index (χ4n) is 6.30. The fraction of sp³-hybridized carbons (Fsp3) is 0.562. The van der Waals surface area contributed by atoms with Crippen LogP contribution < -0.4 is 10.6 Å². The van der Waals surface area contributed by atoms with Gasteiger partial charge >= 0.3 is 0 Å². The van der Waals surface area contributed by atoms with Gasteiger partial charge in [0.2, 0.25) is 0 Å². The van der Waals surface area contributed by atoms with Gasteiger partial charge in [-0.15, -0.1) is 0 Å². The predicted molar refractivity (Wildman–Crippen MR) is 174 cm³/mol. The van der Waals surface area contributed by atoms with E-state index < -0.39 is 0 Å². The molecule has 5 rings (SSSR count). The second-order valence-corrected chi connectivity index (χ2v) is 12.9. The van der Waals surface area contributed by atoms with Crippen LogP contribution in [-0.2, 0) is 6.42 Å². The Bertz CT molecular complexity index is 1360. The molecule has 0 amide bonds. The van der Waals surface area contributed by atoms with E-state index in [0.29, 0.717) is 40.0 Å². The van der Waals surface area contributed by atoms with Crippen LogP contribution in [0.3, 0.4) is 0 Å². The van der Waals surface area contributed by atoms with Crippen molar-refractivity contribution in [3.05, 3.63) is 58.0 Å². The van der Waals surface area contributed by atoms with Gasteiger partial charge < -0.3 is 25.1 Å². The number of H-pyrrole nitrogens is 1. The fourth-order valence-corrected chi connectivity index (χ4v) is 6.62. The van der Waals surface area contributed by atoms with Crippen molar-refractivity contribution in [2.24, 2.45) is 16.8 Å². The molecule has 0 bridgehead atoms. The number of imidazole rings is 1. The minimum Gasteiger partial charge on any atom is -0.374 e. The van der Waals surface area contributed by atoms with Crippen molar-refractivity contribution in [3.63, 3.8) is 0 Å². The van der Waals surface area contributed by atoms with Crippen molar-refractivity contribution in [1.82, 2.24) is 24.8 Å². The van der Waals surface area contributed by atoms with Crippen molar-refractivity contribution in [1.29, 1.82) is 0 Å². The van der Waals surface area contributed by atoms with Gasteiger partial charge in [-0.05, 0) is 82.5 Å². The molecule has 2 aliphatic carbocycles. The quantitative estimate of drug-likeness (QED) is 0.0884. The first-order valence-corrected chi connectivity index (χ1v) is 15.8. The van der Waals surface area contributed by atoms with E-state index in [4.69, 9.17) is 28.2 Å². The van der Waals surface area contributed by atoms with Crippen LogP contribution in [0.1, 0.15) is 70.3 Å². The number of unbranched alkanes of at least 4 members (excludes halogenated alkanes) is 1. The molecule has 0 aliphatic heterocycles. The molecular weight excluding hydrogens is 553 g/mol. The Morgan fingerprint density at radius 3 is 2.68 bits per heavy atom. The molecule has 3 unspecified atom stereocenters. The summed E-state index contributed by atoms with van der Waals surface area (Å²) in [4.78, 5) is 15.3. The highest BCUT2D eigenvalue weighted by atomic mass is 35.5. The predicted octanol–water partition coefficient (Wildman–Crippen LogP) is 7.33. The van der Waals surface area contributed by atoms with Gasteiger partial charge in [-0.3, -0.25) is 4.99 Å². The molecule has 1 aromatic carbocycles. The van der Waals surface area contributed by atoms with Gasteiger partial charge in [0.1, 0.15) is 17.5 Å². The number of amidine groups is 1. The molecule has 222 valence electrons. The molecule has 9 heteroatoms. The average molecular weight is 599 g/mol. The smallest absolute Gasteiger partial charge is 0.131 e. The Morgan fingerprint density at radius 2 is 2.00 bits per heavy atom. The van der Waals surface area contributed by atoms with Gasteiger partial charge in [0.05, 0.1) is 26.6 Å². The van der Waals surface area contributed by atoms with Crippen molar-refractivity contribution in [2.45, 2.75) is 77.4 Å². The molecule has 2 aliphatic rings. The van der Waals surface area contributed by atoms with E-state index in [2.05, 4.69) is 69.7 Å². The van der Waals surface area contributed by atoms with E-state index >= 15 is 0 Å². The molecule has 0 spiro atoms. The van der Waals surface area contributed by atoms with Gasteiger partial charge in [-0.2, -0.15) is 0 Å². The Hall–Kier alpha value is -2.48. The molecule has 2 aromatic heterocycles. The molecule has 3 atom stereocenters. The van der Waals surface area contributed by atoms with Crippen LogP contribution >= 0.6 is 23.2 Å². The third-order valence-corrected chi connectivity index (χ3v) is 9.71. The molecule has 0 radical (unpaired) electrons. The van der Waals surface area contributed by atoms with E-state index in [1.165, 1.54) is 18.4 Å². The lowest BCUT2D eigenvalue weighted by Gasteiger charge is -2.30. The molecule has 0 saturated heterocycles. The second-order valence-electron chi connectivity index (χ2n) is 12.1. The molecule has 2 saturated carbocycles. The zero-order valence-electron chi connectivity index (χ0n) is 25.1. The van der Waals surface area contributed by atoms with Crippen molar-refractivity contribution >= 4 is 45.9 Å². The summed E-state index contributed by atoms with van der Waals surface area (Å²) >= 11 is 12.3. The number of nitrogens with one attached hydrogen (secondary N) is 3. The third-order valence-electron chi connectivity index (χ3n) is 8.99. The molecule has 3 aromatic rings. The maximum Gasteiger partial charge on any atom is 0.131 e. The number of benzene rings is 1. The van der Waals surface area contributed by atoms with Crippen molar-refractivity contribution in [2.75, 3.05) is 32.5 Å². The van der Waals surface area contributed by atoms with E-state index in [1.807, 2.05) is 26.2 Å². The summed E-state index contributed by atoms with van der Waals surface area (Å²) < 4.78 is 2.43. The van der Waals surface area contributed by atoms with E-state index in [1.54, 1.807) is 0 Å². The molecular formula is C32H45Cl2N7. The standard InChI is InChI=1S/C32H45Cl2N7/c1-19(2)40(13-8-7-9-30-38-27-16-25(33)26(34)17-28(27)39-30)18-22-15-29(21(4)20(22)3)41-14-12-24(32(41)36-6)31(35-5)37-23-10-11-23/h12,14,16-17,19,21-23,29,36H,3,7-11,13,15,18H2,1-2,4-6H3,(H,35,37)(H,38,39). The lowest BCUT2D eigenvalue weighted by atomic mass is 9.98. The van der Waals surface area contributed by atoms with Gasteiger partial charge in [-0.1, -0.05) is 42.3 Å². The third kappa shape index (κ3) is 6.63. The SMILES string of the molecule is C=C1C(CN(CCCCc2nc3cc(Cl)c(Cl)cc3[nH]2)C(C)C)CC(n2ccc(C(=NC)NC3CC3)c2NC)C1C. The number of rotatable bonds is 12. The van der Waals surface area contributed by atoms with Crippen molar-refractivity contribution < 1.29 is 0 Å². The Morgan fingerprint density at radius 1 is 1.24 bits per heavy atom. The van der Waals surface area contributed by atoms with E-state index in [9.17, 15) is 0 Å². The van der Waals surface area contributed by atoms with Crippen LogP contribution in [0, 0.1) is 11.8 Å². The molecule has 41 heavy (non-hydrogen) atoms. The first kappa shape index (κ1) is 30.0. The maximum absolute atomic E-state index is 6.17. The largest absolute Gasteiger partial charge is 0.374 e. The number of aliphatic imine (C=N–C) groups is 1. The number of aromatic nitrogens is 3. The second kappa shape index (κ2) is 12.8. The molecule has 2 fully saturated rings. The number of anilines is 1.